The molecule has 3 aromatic heterocycles. The lowest BCUT2D eigenvalue weighted by molar-refractivity contribution is 0.0378. The van der Waals surface area contributed by atoms with Crippen LogP contribution in [-0.4, -0.2) is 92.4 Å². The minimum Gasteiger partial charge on any atom is -0.479 e. The molecular formula is C25H35N7O6Si. The van der Waals surface area contributed by atoms with Crippen LogP contribution in [0.4, 0.5) is 11.6 Å². The Balaban J connectivity index is 1.39. The molecule has 4 heterocycles. The summed E-state index contributed by atoms with van der Waals surface area (Å²) in [4.78, 5) is 32.9. The van der Waals surface area contributed by atoms with E-state index in [4.69, 9.17) is 23.4 Å². The van der Waals surface area contributed by atoms with Gasteiger partial charge in [-0.15, -0.1) is 0 Å². The standard InChI is InChI=1S/C25H35N7O6Si/c1-34-22-20(23(35-2)31-24(30-22)26-10-6-12-32-13-15-36-16-14-32)29-21(33)17-7-8-19(37-17)38-18-9-11-27-25(28-18)39(3,4)5/h7-9,11H,6,10,12-16H2,1-5H3,(H,29,33)(H,26,30,31). The lowest BCUT2D eigenvalue weighted by Crippen LogP contribution is -2.42. The van der Waals surface area contributed by atoms with Crippen LogP contribution in [0.25, 0.3) is 0 Å². The minimum absolute atomic E-state index is 0.0129. The van der Waals surface area contributed by atoms with E-state index in [-0.39, 0.29) is 29.2 Å². The Labute approximate surface area is 228 Å². The van der Waals surface area contributed by atoms with Crippen LogP contribution in [0.3, 0.4) is 0 Å². The predicted octanol–water partition coefficient (Wildman–Crippen LogP) is 2.60. The largest absolute Gasteiger partial charge is 0.479 e. The smallest absolute Gasteiger partial charge is 0.291 e. The second-order valence-electron chi connectivity index (χ2n) is 9.82. The molecule has 0 bridgehead atoms. The topological polar surface area (TPSA) is 146 Å². The molecule has 0 aliphatic carbocycles. The van der Waals surface area contributed by atoms with Gasteiger partial charge in [0.05, 0.1) is 27.4 Å². The van der Waals surface area contributed by atoms with Gasteiger partial charge in [0, 0.05) is 38.0 Å². The van der Waals surface area contributed by atoms with Gasteiger partial charge in [-0.3, -0.25) is 9.69 Å². The first-order chi connectivity index (χ1) is 18.8. The number of nitrogens with zero attached hydrogens (tertiary/aromatic N) is 5. The zero-order valence-electron chi connectivity index (χ0n) is 22.9. The van der Waals surface area contributed by atoms with E-state index in [1.54, 1.807) is 18.3 Å². The molecule has 0 radical (unpaired) electrons. The molecule has 210 valence electrons. The van der Waals surface area contributed by atoms with Crippen LogP contribution >= 0.6 is 0 Å². The van der Waals surface area contributed by atoms with Gasteiger partial charge in [-0.2, -0.15) is 9.97 Å². The highest BCUT2D eigenvalue weighted by Crippen LogP contribution is 2.33. The van der Waals surface area contributed by atoms with Gasteiger partial charge < -0.3 is 34.0 Å². The lowest BCUT2D eigenvalue weighted by atomic mass is 10.3. The van der Waals surface area contributed by atoms with Crippen molar-refractivity contribution in [2.45, 2.75) is 26.1 Å². The van der Waals surface area contributed by atoms with Gasteiger partial charge in [0.25, 0.3) is 11.9 Å². The number of carbonyl (C=O) groups excluding carboxylic acids is 1. The van der Waals surface area contributed by atoms with E-state index in [2.05, 4.69) is 55.1 Å². The summed E-state index contributed by atoms with van der Waals surface area (Å²) in [5.74, 6) is 0.545. The van der Waals surface area contributed by atoms with Crippen molar-refractivity contribution >= 4 is 31.1 Å². The van der Waals surface area contributed by atoms with Crippen LogP contribution in [-0.2, 0) is 4.74 Å². The fraction of sp³-hybridized carbons (Fsp3) is 0.480. The second kappa shape index (κ2) is 12.9. The Kier molecular flexibility index (Phi) is 9.32. The number of amides is 1. The Morgan fingerprint density at radius 2 is 1.77 bits per heavy atom. The molecule has 1 aliphatic rings. The summed E-state index contributed by atoms with van der Waals surface area (Å²) in [6, 6.07) is 4.67. The van der Waals surface area contributed by atoms with Crippen molar-refractivity contribution < 1.29 is 28.2 Å². The summed E-state index contributed by atoms with van der Waals surface area (Å²) in [5.41, 5.74) is 0.942. The normalized spacial score (nSPS) is 14.1. The van der Waals surface area contributed by atoms with Crippen molar-refractivity contribution in [2.24, 2.45) is 0 Å². The van der Waals surface area contributed by atoms with Gasteiger partial charge in [0.1, 0.15) is 13.5 Å². The van der Waals surface area contributed by atoms with Crippen molar-refractivity contribution in [2.75, 3.05) is 64.2 Å². The monoisotopic (exact) mass is 557 g/mol. The molecule has 4 rings (SSSR count). The van der Waals surface area contributed by atoms with E-state index in [9.17, 15) is 4.79 Å². The zero-order chi connectivity index (χ0) is 27.8. The molecule has 2 N–H and O–H groups in total. The van der Waals surface area contributed by atoms with Gasteiger partial charge in [0.15, 0.2) is 11.4 Å². The number of rotatable bonds is 12. The number of nitrogens with one attached hydrogen (secondary N) is 2. The summed E-state index contributed by atoms with van der Waals surface area (Å²) in [5, 5.41) is 5.90. The maximum atomic E-state index is 13.0. The number of anilines is 2. The van der Waals surface area contributed by atoms with Crippen LogP contribution in [0.15, 0.2) is 28.8 Å². The number of carbonyl (C=O) groups is 1. The van der Waals surface area contributed by atoms with Crippen molar-refractivity contribution in [3.8, 4) is 23.6 Å². The van der Waals surface area contributed by atoms with Crippen LogP contribution in [0.5, 0.6) is 23.6 Å². The number of morpholine rings is 1. The van der Waals surface area contributed by atoms with Crippen molar-refractivity contribution in [3.05, 3.63) is 30.2 Å². The molecular weight excluding hydrogens is 522 g/mol. The van der Waals surface area contributed by atoms with Crippen LogP contribution in [0.1, 0.15) is 17.0 Å². The molecule has 1 aliphatic heterocycles. The van der Waals surface area contributed by atoms with Crippen molar-refractivity contribution in [1.82, 2.24) is 24.8 Å². The fourth-order valence-electron chi connectivity index (χ4n) is 3.77. The van der Waals surface area contributed by atoms with Gasteiger partial charge in [-0.1, -0.05) is 19.6 Å². The number of methoxy groups -OCH3 is 2. The number of hydrogen-bond donors (Lipinski definition) is 2. The third-order valence-corrected chi connectivity index (χ3v) is 7.40. The van der Waals surface area contributed by atoms with Crippen LogP contribution < -0.4 is 30.3 Å². The molecule has 1 amide bonds. The molecule has 0 unspecified atom stereocenters. The Hall–Kier alpha value is -3.75. The highest BCUT2D eigenvalue weighted by molar-refractivity contribution is 6.87. The molecule has 1 saturated heterocycles. The van der Waals surface area contributed by atoms with Gasteiger partial charge in [-0.25, -0.2) is 9.97 Å². The minimum atomic E-state index is -1.72. The predicted molar refractivity (Wildman–Crippen MR) is 147 cm³/mol. The van der Waals surface area contributed by atoms with E-state index in [0.717, 1.165) is 44.7 Å². The highest BCUT2D eigenvalue weighted by Gasteiger charge is 2.23. The molecule has 1 fully saturated rings. The van der Waals surface area contributed by atoms with Gasteiger partial charge in [0.2, 0.25) is 23.6 Å². The van der Waals surface area contributed by atoms with E-state index in [0.29, 0.717) is 18.4 Å². The molecule has 0 saturated carbocycles. The Morgan fingerprint density at radius 1 is 1.05 bits per heavy atom. The number of hydrogen-bond acceptors (Lipinski definition) is 12. The molecule has 13 nitrogen and oxygen atoms in total. The van der Waals surface area contributed by atoms with E-state index >= 15 is 0 Å². The molecule has 0 atom stereocenters. The molecule has 14 heteroatoms. The summed E-state index contributed by atoms with van der Waals surface area (Å²) < 4.78 is 27.5. The van der Waals surface area contributed by atoms with Crippen molar-refractivity contribution in [1.29, 1.82) is 0 Å². The first-order valence-electron chi connectivity index (χ1n) is 12.7. The second-order valence-corrected chi connectivity index (χ2v) is 14.8. The third kappa shape index (κ3) is 7.65. The number of aromatic nitrogens is 4. The Morgan fingerprint density at radius 3 is 2.44 bits per heavy atom. The van der Waals surface area contributed by atoms with Gasteiger partial charge >= 0.3 is 0 Å². The highest BCUT2D eigenvalue weighted by atomic mass is 28.3. The van der Waals surface area contributed by atoms with Crippen LogP contribution in [0.2, 0.25) is 19.6 Å². The summed E-state index contributed by atoms with van der Waals surface area (Å²) in [6.07, 6.45) is 2.55. The lowest BCUT2D eigenvalue weighted by Gasteiger charge is -2.26. The third-order valence-electron chi connectivity index (χ3n) is 5.82. The average molecular weight is 558 g/mol. The molecule has 0 aromatic carbocycles. The van der Waals surface area contributed by atoms with E-state index < -0.39 is 14.0 Å². The van der Waals surface area contributed by atoms with E-state index in [1.807, 2.05) is 0 Å². The average Bonchev–Trinajstić information content (AvgIpc) is 3.40. The molecule has 0 spiro atoms. The van der Waals surface area contributed by atoms with Gasteiger partial charge in [-0.05, 0) is 19.0 Å². The number of furan rings is 1. The summed E-state index contributed by atoms with van der Waals surface area (Å²) in [6.45, 7) is 11.5. The quantitative estimate of drug-likeness (QED) is 0.249. The maximum absolute atomic E-state index is 13.0. The first-order valence-corrected chi connectivity index (χ1v) is 16.2. The number of ether oxygens (including phenoxy) is 4. The SMILES string of the molecule is COc1nc(NCCCN2CCOCC2)nc(OC)c1NC(=O)c1ccc(Oc2ccnc([Si](C)(C)C)n2)o1. The maximum Gasteiger partial charge on any atom is 0.291 e. The Bertz CT molecular complexity index is 1230. The van der Waals surface area contributed by atoms with E-state index in [1.165, 1.54) is 20.3 Å². The molecule has 39 heavy (non-hydrogen) atoms. The zero-order valence-corrected chi connectivity index (χ0v) is 23.9. The summed E-state index contributed by atoms with van der Waals surface area (Å²) in [7, 11) is 1.19. The van der Waals surface area contributed by atoms with Crippen LogP contribution in [0, 0.1) is 0 Å². The fourth-order valence-corrected chi connectivity index (χ4v) is 4.67. The molecule has 3 aromatic rings. The first kappa shape index (κ1) is 28.3. The van der Waals surface area contributed by atoms with Crippen molar-refractivity contribution in [3.63, 3.8) is 0 Å². The summed E-state index contributed by atoms with van der Waals surface area (Å²) >= 11 is 0.